The maximum absolute atomic E-state index is 12.3. The van der Waals surface area contributed by atoms with Gasteiger partial charge in [-0.3, -0.25) is 4.79 Å². The van der Waals surface area contributed by atoms with Gasteiger partial charge in [0, 0.05) is 6.42 Å². The van der Waals surface area contributed by atoms with Crippen LogP contribution in [0.15, 0.2) is 30.3 Å². The Balaban J connectivity index is 2.68. The van der Waals surface area contributed by atoms with Crippen LogP contribution in [0.4, 0.5) is 4.79 Å². The second-order valence-corrected chi connectivity index (χ2v) is 6.64. The number of nitrogens with one attached hydrogen (secondary N) is 2. The molecule has 0 aliphatic heterocycles. The summed E-state index contributed by atoms with van der Waals surface area (Å²) in [6, 6.07) is 7.55. The summed E-state index contributed by atoms with van der Waals surface area (Å²) in [4.78, 5) is 35.9. The zero-order chi connectivity index (χ0) is 19.0. The lowest BCUT2D eigenvalue weighted by molar-refractivity contribution is -0.145. The van der Waals surface area contributed by atoms with E-state index in [9.17, 15) is 14.4 Å². The summed E-state index contributed by atoms with van der Waals surface area (Å²) in [6.07, 6.45) is -0.411. The summed E-state index contributed by atoms with van der Waals surface area (Å²) in [5, 5.41) is 5.04. The van der Waals surface area contributed by atoms with Crippen LogP contribution in [-0.4, -0.2) is 42.8 Å². The molecule has 2 N–H and O–H groups in total. The molecular weight excluding hydrogens is 324 g/mol. The molecule has 0 spiro atoms. The summed E-state index contributed by atoms with van der Waals surface area (Å²) in [5.74, 6) is -1.06. The molecule has 2 atom stereocenters. The molecule has 1 aromatic carbocycles. The van der Waals surface area contributed by atoms with Crippen molar-refractivity contribution < 1.29 is 23.9 Å². The largest absolute Gasteiger partial charge is 0.467 e. The van der Waals surface area contributed by atoms with Gasteiger partial charge in [0.15, 0.2) is 0 Å². The highest BCUT2D eigenvalue weighted by Crippen LogP contribution is 2.07. The number of methoxy groups -OCH3 is 1. The van der Waals surface area contributed by atoms with Crippen LogP contribution < -0.4 is 10.6 Å². The van der Waals surface area contributed by atoms with E-state index in [1.807, 2.05) is 30.3 Å². The Hall–Kier alpha value is -2.57. The van der Waals surface area contributed by atoms with E-state index in [4.69, 9.17) is 9.47 Å². The van der Waals surface area contributed by atoms with Gasteiger partial charge < -0.3 is 20.1 Å². The van der Waals surface area contributed by atoms with E-state index >= 15 is 0 Å². The second kappa shape index (κ2) is 9.05. The molecule has 138 valence electrons. The maximum atomic E-state index is 12.3. The number of carbonyl (C=O) groups excluding carboxylic acids is 3. The number of hydrogen-bond donors (Lipinski definition) is 2. The molecule has 0 bridgehead atoms. The van der Waals surface area contributed by atoms with Gasteiger partial charge in [-0.25, -0.2) is 9.59 Å². The van der Waals surface area contributed by atoms with Crippen LogP contribution in [0.5, 0.6) is 0 Å². The first-order chi connectivity index (χ1) is 11.6. The Labute approximate surface area is 148 Å². The van der Waals surface area contributed by atoms with Crippen molar-refractivity contribution in [1.29, 1.82) is 0 Å². The van der Waals surface area contributed by atoms with E-state index in [0.717, 1.165) is 5.56 Å². The summed E-state index contributed by atoms with van der Waals surface area (Å²) in [5.41, 5.74) is 0.216. The molecule has 0 aliphatic carbocycles. The molecule has 7 heteroatoms. The lowest BCUT2D eigenvalue weighted by Gasteiger charge is -2.23. The number of carbonyl (C=O) groups is 3. The quantitative estimate of drug-likeness (QED) is 0.763. The van der Waals surface area contributed by atoms with Crippen LogP contribution in [-0.2, 0) is 25.5 Å². The van der Waals surface area contributed by atoms with E-state index in [2.05, 4.69) is 10.6 Å². The molecule has 0 aromatic heterocycles. The predicted octanol–water partition coefficient (Wildman–Crippen LogP) is 1.80. The minimum atomic E-state index is -0.863. The number of ether oxygens (including phenoxy) is 2. The highest BCUT2D eigenvalue weighted by Gasteiger charge is 2.26. The summed E-state index contributed by atoms with van der Waals surface area (Å²) in [6.45, 7) is 6.69. The molecule has 0 fully saturated rings. The van der Waals surface area contributed by atoms with Crippen molar-refractivity contribution in [3.05, 3.63) is 35.9 Å². The molecular formula is C18H26N2O5. The van der Waals surface area contributed by atoms with Gasteiger partial charge in [-0.15, -0.1) is 0 Å². The number of esters is 1. The number of benzene rings is 1. The molecule has 7 nitrogen and oxygen atoms in total. The van der Waals surface area contributed by atoms with Crippen molar-refractivity contribution >= 4 is 18.0 Å². The standard InChI is InChI=1S/C18H26N2O5/c1-12(19-17(23)25-18(2,3)4)15(21)20-14(16(22)24-5)11-13-9-7-6-8-10-13/h6-10,12,14H,11H2,1-5H3,(H,19,23)(H,20,21)/t12-,14+/m1/s1. The molecule has 25 heavy (non-hydrogen) atoms. The number of alkyl carbamates (subject to hydrolysis) is 1. The molecule has 1 aromatic rings. The van der Waals surface area contributed by atoms with Gasteiger partial charge in [-0.05, 0) is 33.3 Å². The molecule has 0 radical (unpaired) electrons. The zero-order valence-electron chi connectivity index (χ0n) is 15.3. The van der Waals surface area contributed by atoms with Gasteiger partial charge in [-0.2, -0.15) is 0 Å². The van der Waals surface area contributed by atoms with Crippen LogP contribution in [0.3, 0.4) is 0 Å². The monoisotopic (exact) mass is 350 g/mol. The molecule has 0 aliphatic rings. The van der Waals surface area contributed by atoms with Crippen LogP contribution >= 0.6 is 0 Å². The average molecular weight is 350 g/mol. The number of amides is 2. The van der Waals surface area contributed by atoms with Gasteiger partial charge >= 0.3 is 12.1 Å². The molecule has 0 unspecified atom stereocenters. The third-order valence-electron chi connectivity index (χ3n) is 3.21. The summed E-state index contributed by atoms with van der Waals surface area (Å²) >= 11 is 0. The Morgan fingerprint density at radius 3 is 2.20 bits per heavy atom. The maximum Gasteiger partial charge on any atom is 0.408 e. The zero-order valence-corrected chi connectivity index (χ0v) is 15.3. The van der Waals surface area contributed by atoms with Gasteiger partial charge in [0.1, 0.15) is 17.7 Å². The highest BCUT2D eigenvalue weighted by molar-refractivity contribution is 5.89. The molecule has 2 amide bonds. The fraction of sp³-hybridized carbons (Fsp3) is 0.500. The Kier molecular flexibility index (Phi) is 7.42. The summed E-state index contributed by atoms with van der Waals surface area (Å²) in [7, 11) is 1.26. The minimum absolute atomic E-state index is 0.290. The first-order valence-electron chi connectivity index (χ1n) is 8.04. The summed E-state index contributed by atoms with van der Waals surface area (Å²) < 4.78 is 9.85. The molecule has 0 saturated heterocycles. The van der Waals surface area contributed by atoms with Gasteiger partial charge in [-0.1, -0.05) is 30.3 Å². The Bertz CT molecular complexity index is 595. The van der Waals surface area contributed by atoms with Gasteiger partial charge in [0.25, 0.3) is 0 Å². The van der Waals surface area contributed by atoms with Crippen LogP contribution in [0.25, 0.3) is 0 Å². The van der Waals surface area contributed by atoms with Crippen molar-refractivity contribution in [2.45, 2.75) is 51.8 Å². The topological polar surface area (TPSA) is 93.7 Å². The first-order valence-corrected chi connectivity index (χ1v) is 8.04. The van der Waals surface area contributed by atoms with E-state index < -0.39 is 35.7 Å². The van der Waals surface area contributed by atoms with Crippen molar-refractivity contribution in [3.8, 4) is 0 Å². The number of hydrogen-bond acceptors (Lipinski definition) is 5. The average Bonchev–Trinajstić information content (AvgIpc) is 2.52. The smallest absolute Gasteiger partial charge is 0.408 e. The van der Waals surface area contributed by atoms with Crippen molar-refractivity contribution in [3.63, 3.8) is 0 Å². The van der Waals surface area contributed by atoms with Crippen LogP contribution in [0.1, 0.15) is 33.3 Å². The first kappa shape index (κ1) is 20.5. The second-order valence-electron chi connectivity index (χ2n) is 6.64. The lowest BCUT2D eigenvalue weighted by atomic mass is 10.1. The highest BCUT2D eigenvalue weighted by atomic mass is 16.6. The fourth-order valence-corrected chi connectivity index (χ4v) is 2.03. The van der Waals surface area contributed by atoms with E-state index in [0.29, 0.717) is 6.42 Å². The van der Waals surface area contributed by atoms with Crippen molar-refractivity contribution in [2.75, 3.05) is 7.11 Å². The van der Waals surface area contributed by atoms with Crippen LogP contribution in [0.2, 0.25) is 0 Å². The van der Waals surface area contributed by atoms with E-state index in [1.54, 1.807) is 20.8 Å². The van der Waals surface area contributed by atoms with Gasteiger partial charge in [0.2, 0.25) is 5.91 Å². The van der Waals surface area contributed by atoms with Crippen molar-refractivity contribution in [1.82, 2.24) is 10.6 Å². The normalized spacial score (nSPS) is 13.3. The van der Waals surface area contributed by atoms with E-state index in [-0.39, 0.29) is 0 Å². The minimum Gasteiger partial charge on any atom is -0.467 e. The number of rotatable bonds is 6. The van der Waals surface area contributed by atoms with Crippen molar-refractivity contribution in [2.24, 2.45) is 0 Å². The predicted molar refractivity (Wildman–Crippen MR) is 92.9 cm³/mol. The molecule has 0 saturated carbocycles. The molecule has 1 rings (SSSR count). The third-order valence-corrected chi connectivity index (χ3v) is 3.21. The molecule has 0 heterocycles. The fourth-order valence-electron chi connectivity index (χ4n) is 2.03. The van der Waals surface area contributed by atoms with Crippen LogP contribution in [0, 0.1) is 0 Å². The Morgan fingerprint density at radius 1 is 1.08 bits per heavy atom. The van der Waals surface area contributed by atoms with E-state index in [1.165, 1.54) is 14.0 Å². The third kappa shape index (κ3) is 7.69. The Morgan fingerprint density at radius 2 is 1.68 bits per heavy atom. The lowest BCUT2D eigenvalue weighted by Crippen LogP contribution is -2.51. The van der Waals surface area contributed by atoms with Gasteiger partial charge in [0.05, 0.1) is 7.11 Å². The SMILES string of the molecule is COC(=O)[C@H](Cc1ccccc1)NC(=O)[C@@H](C)NC(=O)OC(C)(C)C.